The van der Waals surface area contributed by atoms with Crippen LogP contribution in [0.25, 0.3) is 0 Å². The first-order valence-corrected chi connectivity index (χ1v) is 8.90. The summed E-state index contributed by atoms with van der Waals surface area (Å²) < 4.78 is 2.25. The summed E-state index contributed by atoms with van der Waals surface area (Å²) in [4.78, 5) is 2.25. The number of anilines is 1. The monoisotopic (exact) mass is 341 g/mol. The minimum Gasteiger partial charge on any atom is -0.212 e. The summed E-state index contributed by atoms with van der Waals surface area (Å²) in [5, 5.41) is 0.806. The Morgan fingerprint density at radius 1 is 0.792 bits per heavy atom. The van der Waals surface area contributed by atoms with Crippen LogP contribution in [0.1, 0.15) is 33.4 Å². The van der Waals surface area contributed by atoms with Crippen molar-refractivity contribution < 1.29 is 4.58 Å². The maximum atomic E-state index is 6.85. The number of halogens is 1. The van der Waals surface area contributed by atoms with E-state index in [2.05, 4.69) is 75.3 Å². The van der Waals surface area contributed by atoms with Crippen LogP contribution in [0, 0.1) is 41.5 Å². The highest BCUT2D eigenvalue weighted by Gasteiger charge is 2.35. The van der Waals surface area contributed by atoms with Gasteiger partial charge in [0, 0.05) is 11.6 Å². The van der Waals surface area contributed by atoms with E-state index in [1.807, 2.05) is 0 Å². The fraction of sp³-hybridized carbons (Fsp3) is 0.381. The summed E-state index contributed by atoms with van der Waals surface area (Å²) in [5.41, 5.74) is 10.2. The molecule has 0 saturated carbocycles. The van der Waals surface area contributed by atoms with Gasteiger partial charge in [-0.15, -0.1) is 0 Å². The molecule has 24 heavy (non-hydrogen) atoms. The van der Waals surface area contributed by atoms with Crippen molar-refractivity contribution in [3.05, 3.63) is 57.6 Å². The Bertz CT molecular complexity index is 803. The molecule has 0 bridgehead atoms. The Morgan fingerprint density at radius 3 is 1.75 bits per heavy atom. The van der Waals surface area contributed by atoms with Gasteiger partial charge in [-0.1, -0.05) is 35.4 Å². The van der Waals surface area contributed by atoms with E-state index in [1.54, 1.807) is 0 Å². The third kappa shape index (κ3) is 2.84. The van der Waals surface area contributed by atoms with Crippen LogP contribution in [0.4, 0.5) is 11.4 Å². The minimum atomic E-state index is 0.806. The van der Waals surface area contributed by atoms with Crippen LogP contribution in [-0.2, 0) is 0 Å². The Kier molecular flexibility index (Phi) is 4.44. The zero-order chi connectivity index (χ0) is 17.6. The molecule has 0 saturated heterocycles. The zero-order valence-corrected chi connectivity index (χ0v) is 16.3. The molecule has 0 fully saturated rings. The van der Waals surface area contributed by atoms with E-state index >= 15 is 0 Å². The van der Waals surface area contributed by atoms with E-state index in [0.717, 1.165) is 18.4 Å². The van der Waals surface area contributed by atoms with Gasteiger partial charge >= 0.3 is 5.29 Å². The lowest BCUT2D eigenvalue weighted by Crippen LogP contribution is -2.26. The standard InChI is InChI=1S/C21H26ClN2/c1-13-9-15(3)19(16(4)10-13)23-7-8-24(21(23)22)20-17(5)11-14(2)12-18(20)6/h9-12H,7-8H2,1-6H3/q+1. The second-order valence-corrected chi connectivity index (χ2v) is 7.41. The average Bonchev–Trinajstić information content (AvgIpc) is 2.79. The van der Waals surface area contributed by atoms with Crippen molar-refractivity contribution in [2.24, 2.45) is 0 Å². The number of hydrogen-bond acceptors (Lipinski definition) is 1. The number of hydrogen-bond donors (Lipinski definition) is 0. The van der Waals surface area contributed by atoms with Gasteiger partial charge in [-0.3, -0.25) is 0 Å². The summed E-state index contributed by atoms with van der Waals surface area (Å²) in [7, 11) is 0. The Balaban J connectivity index is 2.12. The van der Waals surface area contributed by atoms with Gasteiger partial charge in [0.1, 0.15) is 24.5 Å². The zero-order valence-electron chi connectivity index (χ0n) is 15.5. The molecule has 126 valence electrons. The lowest BCUT2D eigenvalue weighted by molar-refractivity contribution is -0.427. The first-order chi connectivity index (χ1) is 11.3. The first-order valence-electron chi connectivity index (χ1n) is 8.53. The third-order valence-electron chi connectivity index (χ3n) is 4.80. The predicted octanol–water partition coefficient (Wildman–Crippen LogP) is 5.30. The molecule has 2 aromatic carbocycles. The minimum absolute atomic E-state index is 0.806. The lowest BCUT2D eigenvalue weighted by atomic mass is 10.0. The maximum absolute atomic E-state index is 6.85. The average molecular weight is 342 g/mol. The van der Waals surface area contributed by atoms with E-state index in [4.69, 9.17) is 11.6 Å². The Morgan fingerprint density at radius 2 is 1.25 bits per heavy atom. The van der Waals surface area contributed by atoms with Crippen LogP contribution < -0.4 is 4.90 Å². The molecule has 0 aliphatic carbocycles. The number of amidine groups is 1. The number of aryl methyl sites for hydroxylation is 6. The Hall–Kier alpha value is -1.80. The fourth-order valence-electron chi connectivity index (χ4n) is 4.13. The van der Waals surface area contributed by atoms with Gasteiger partial charge in [0.15, 0.2) is 0 Å². The SMILES string of the molecule is Cc1cc(C)c(N2CC[N+](c3c(C)cc(C)cc3C)=C2Cl)c(C)c1. The molecule has 0 aromatic heterocycles. The summed E-state index contributed by atoms with van der Waals surface area (Å²) in [6.45, 7) is 14.8. The van der Waals surface area contributed by atoms with Gasteiger partial charge < -0.3 is 0 Å². The second kappa shape index (κ2) is 6.25. The van der Waals surface area contributed by atoms with Crippen molar-refractivity contribution in [3.63, 3.8) is 0 Å². The highest BCUT2D eigenvalue weighted by Crippen LogP contribution is 2.33. The largest absolute Gasteiger partial charge is 0.355 e. The molecule has 1 aliphatic rings. The van der Waals surface area contributed by atoms with Crippen LogP contribution in [0.15, 0.2) is 24.3 Å². The summed E-state index contributed by atoms with van der Waals surface area (Å²) in [6, 6.07) is 8.93. The summed E-state index contributed by atoms with van der Waals surface area (Å²) in [5.74, 6) is 0. The van der Waals surface area contributed by atoms with Gasteiger partial charge in [-0.2, -0.15) is 0 Å². The van der Waals surface area contributed by atoms with Crippen molar-refractivity contribution in [1.82, 2.24) is 0 Å². The van der Waals surface area contributed by atoms with Crippen LogP contribution >= 0.6 is 11.6 Å². The summed E-state index contributed by atoms with van der Waals surface area (Å²) >= 11 is 6.85. The van der Waals surface area contributed by atoms with Crippen molar-refractivity contribution in [2.75, 3.05) is 18.0 Å². The van der Waals surface area contributed by atoms with Gasteiger partial charge in [-0.25, -0.2) is 9.48 Å². The molecule has 1 aliphatic heterocycles. The molecule has 1 heterocycles. The quantitative estimate of drug-likeness (QED) is 0.531. The molecule has 0 radical (unpaired) electrons. The molecule has 0 amide bonds. The van der Waals surface area contributed by atoms with E-state index in [1.165, 1.54) is 44.8 Å². The van der Waals surface area contributed by atoms with Gasteiger partial charge in [0.05, 0.1) is 0 Å². The molecule has 0 unspecified atom stereocenters. The van der Waals surface area contributed by atoms with Crippen molar-refractivity contribution in [3.8, 4) is 0 Å². The van der Waals surface area contributed by atoms with Gasteiger partial charge in [0.2, 0.25) is 0 Å². The van der Waals surface area contributed by atoms with Crippen molar-refractivity contribution in [1.29, 1.82) is 0 Å². The van der Waals surface area contributed by atoms with E-state index in [0.29, 0.717) is 0 Å². The lowest BCUT2D eigenvalue weighted by Gasteiger charge is -2.15. The van der Waals surface area contributed by atoms with Crippen LogP contribution in [0.3, 0.4) is 0 Å². The van der Waals surface area contributed by atoms with E-state index in [9.17, 15) is 0 Å². The van der Waals surface area contributed by atoms with E-state index in [-0.39, 0.29) is 0 Å². The molecule has 0 atom stereocenters. The third-order valence-corrected chi connectivity index (χ3v) is 5.21. The number of nitrogens with zero attached hydrogens (tertiary/aromatic N) is 2. The van der Waals surface area contributed by atoms with Gasteiger partial charge in [-0.05, 0) is 63.8 Å². The van der Waals surface area contributed by atoms with Crippen LogP contribution in [0.5, 0.6) is 0 Å². The molecular weight excluding hydrogens is 316 g/mol. The first kappa shape index (κ1) is 17.0. The van der Waals surface area contributed by atoms with Gasteiger partial charge in [0.25, 0.3) is 0 Å². The molecule has 2 nitrogen and oxygen atoms in total. The highest BCUT2D eigenvalue weighted by atomic mass is 35.5. The molecule has 2 aromatic rings. The normalized spacial score (nSPS) is 14.7. The van der Waals surface area contributed by atoms with Crippen LogP contribution in [-0.4, -0.2) is 23.0 Å². The topological polar surface area (TPSA) is 6.25 Å². The summed E-state index contributed by atoms with van der Waals surface area (Å²) in [6.07, 6.45) is 0. The molecule has 3 rings (SSSR count). The van der Waals surface area contributed by atoms with Crippen molar-refractivity contribution >= 4 is 28.3 Å². The molecular formula is C21H26ClN2+. The van der Waals surface area contributed by atoms with Crippen LogP contribution in [0.2, 0.25) is 0 Å². The molecule has 0 N–H and O–H groups in total. The molecule has 0 spiro atoms. The smallest absolute Gasteiger partial charge is 0.212 e. The number of rotatable bonds is 2. The second-order valence-electron chi connectivity index (χ2n) is 7.07. The molecule has 3 heteroatoms. The predicted molar refractivity (Wildman–Crippen MR) is 104 cm³/mol. The fourth-order valence-corrected chi connectivity index (χ4v) is 4.47. The maximum Gasteiger partial charge on any atom is 0.355 e. The Labute approximate surface area is 150 Å². The van der Waals surface area contributed by atoms with Crippen molar-refractivity contribution in [2.45, 2.75) is 41.5 Å². The van der Waals surface area contributed by atoms with E-state index < -0.39 is 0 Å². The number of benzene rings is 2. The highest BCUT2D eigenvalue weighted by molar-refractivity contribution is 6.66.